The minimum absolute atomic E-state index is 0.0610. The van der Waals surface area contributed by atoms with E-state index in [1.165, 1.54) is 0 Å². The number of hydrogen-bond donors (Lipinski definition) is 0. The molecule has 0 saturated carbocycles. The van der Waals surface area contributed by atoms with E-state index in [0.717, 1.165) is 23.4 Å². The Labute approximate surface area is 121 Å². The Balaban J connectivity index is 1.92. The lowest BCUT2D eigenvalue weighted by Gasteiger charge is -2.36. The van der Waals surface area contributed by atoms with Crippen LogP contribution in [0.1, 0.15) is 6.92 Å². The van der Waals surface area contributed by atoms with Gasteiger partial charge in [-0.05, 0) is 35.0 Å². The van der Waals surface area contributed by atoms with Crippen LogP contribution in [0.3, 0.4) is 0 Å². The Kier molecular flexibility index (Phi) is 4.76. The highest BCUT2D eigenvalue weighted by atomic mass is 79.9. The predicted molar refractivity (Wildman–Crippen MR) is 77.2 cm³/mol. The molecule has 0 spiro atoms. The van der Waals surface area contributed by atoms with Crippen LogP contribution < -0.4 is 4.90 Å². The van der Waals surface area contributed by atoms with E-state index in [9.17, 15) is 4.79 Å². The van der Waals surface area contributed by atoms with Gasteiger partial charge < -0.3 is 14.5 Å². The van der Waals surface area contributed by atoms with Crippen LogP contribution in [0.15, 0.2) is 22.8 Å². The number of rotatable bonds is 3. The monoisotopic (exact) mass is 327 g/mol. The smallest absolute Gasteiger partial charge is 0.251 e. The minimum atomic E-state index is -0.364. The highest BCUT2D eigenvalue weighted by molar-refractivity contribution is 9.10. The van der Waals surface area contributed by atoms with Crippen molar-refractivity contribution in [2.24, 2.45) is 0 Å². The van der Waals surface area contributed by atoms with Crippen LogP contribution in [0.25, 0.3) is 0 Å². The summed E-state index contributed by atoms with van der Waals surface area (Å²) in [7, 11) is 1.56. The lowest BCUT2D eigenvalue weighted by atomic mass is 10.2. The van der Waals surface area contributed by atoms with Gasteiger partial charge in [-0.2, -0.15) is 0 Å². The van der Waals surface area contributed by atoms with Crippen LogP contribution in [0, 0.1) is 0 Å². The third-order valence-corrected chi connectivity index (χ3v) is 3.80. The molecule has 104 valence electrons. The van der Waals surface area contributed by atoms with Gasteiger partial charge in [-0.3, -0.25) is 4.79 Å². The zero-order chi connectivity index (χ0) is 13.8. The zero-order valence-corrected chi connectivity index (χ0v) is 12.8. The van der Waals surface area contributed by atoms with E-state index in [4.69, 9.17) is 4.74 Å². The highest BCUT2D eigenvalue weighted by Gasteiger charge is 2.25. The number of carbonyl (C=O) groups is 1. The number of hydrogen-bond acceptors (Lipinski definition) is 4. The van der Waals surface area contributed by atoms with E-state index < -0.39 is 0 Å². The van der Waals surface area contributed by atoms with E-state index in [0.29, 0.717) is 13.1 Å². The molecule has 0 aromatic carbocycles. The lowest BCUT2D eigenvalue weighted by molar-refractivity contribution is -0.141. The third kappa shape index (κ3) is 3.45. The molecule has 1 atom stereocenters. The van der Waals surface area contributed by atoms with Gasteiger partial charge in [-0.1, -0.05) is 0 Å². The van der Waals surface area contributed by atoms with E-state index >= 15 is 0 Å². The summed E-state index contributed by atoms with van der Waals surface area (Å²) in [5.74, 6) is 1.01. The fourth-order valence-corrected chi connectivity index (χ4v) is 2.30. The van der Waals surface area contributed by atoms with E-state index in [2.05, 4.69) is 25.8 Å². The number of aromatic nitrogens is 1. The molecular formula is C13H18BrN3O2. The number of amides is 1. The second kappa shape index (κ2) is 6.34. The summed E-state index contributed by atoms with van der Waals surface area (Å²) < 4.78 is 6.04. The Morgan fingerprint density at radius 1 is 1.37 bits per heavy atom. The Morgan fingerprint density at radius 2 is 2.05 bits per heavy atom. The van der Waals surface area contributed by atoms with Gasteiger partial charge in [0.25, 0.3) is 5.91 Å². The largest absolute Gasteiger partial charge is 0.372 e. The van der Waals surface area contributed by atoms with Gasteiger partial charge in [-0.15, -0.1) is 0 Å². The van der Waals surface area contributed by atoms with Crippen molar-refractivity contribution in [3.8, 4) is 0 Å². The first-order valence-corrected chi connectivity index (χ1v) is 7.09. The van der Waals surface area contributed by atoms with Gasteiger partial charge >= 0.3 is 0 Å². The molecule has 19 heavy (non-hydrogen) atoms. The van der Waals surface area contributed by atoms with Crippen LogP contribution in [0.4, 0.5) is 5.82 Å². The highest BCUT2D eigenvalue weighted by Crippen LogP contribution is 2.16. The van der Waals surface area contributed by atoms with Crippen LogP contribution in [0.2, 0.25) is 0 Å². The van der Waals surface area contributed by atoms with Crippen LogP contribution >= 0.6 is 15.9 Å². The average Bonchev–Trinajstić information content (AvgIpc) is 2.46. The average molecular weight is 328 g/mol. The summed E-state index contributed by atoms with van der Waals surface area (Å²) in [5, 5.41) is 0. The standard InChI is InChI=1S/C13H18BrN3O2/c1-10(19-2)13(18)17-7-5-16(6-8-17)12-4-3-11(14)9-15-12/h3-4,9-10H,5-8H2,1-2H3. The van der Waals surface area contributed by atoms with Gasteiger partial charge in [-0.25, -0.2) is 4.98 Å². The van der Waals surface area contributed by atoms with Gasteiger partial charge in [0.1, 0.15) is 11.9 Å². The van der Waals surface area contributed by atoms with E-state index in [1.54, 1.807) is 20.2 Å². The maximum Gasteiger partial charge on any atom is 0.251 e. The summed E-state index contributed by atoms with van der Waals surface area (Å²) in [4.78, 5) is 20.4. The molecule has 1 amide bonds. The third-order valence-electron chi connectivity index (χ3n) is 3.33. The number of anilines is 1. The van der Waals surface area contributed by atoms with Crippen LogP contribution in [-0.4, -0.2) is 55.2 Å². The van der Waals surface area contributed by atoms with Crippen molar-refractivity contribution >= 4 is 27.7 Å². The van der Waals surface area contributed by atoms with Gasteiger partial charge in [0.05, 0.1) is 0 Å². The van der Waals surface area contributed by atoms with E-state index in [1.807, 2.05) is 17.0 Å². The number of methoxy groups -OCH3 is 1. The molecule has 1 aliphatic rings. The molecule has 1 unspecified atom stereocenters. The van der Waals surface area contributed by atoms with E-state index in [-0.39, 0.29) is 12.0 Å². The number of nitrogens with zero attached hydrogens (tertiary/aromatic N) is 3. The molecule has 6 heteroatoms. The van der Waals surface area contributed by atoms with Crippen molar-refractivity contribution in [2.75, 3.05) is 38.2 Å². The van der Waals surface area contributed by atoms with Crippen molar-refractivity contribution in [1.82, 2.24) is 9.88 Å². The maximum absolute atomic E-state index is 12.0. The number of carbonyl (C=O) groups excluding carboxylic acids is 1. The van der Waals surface area contributed by atoms with Crippen molar-refractivity contribution in [3.05, 3.63) is 22.8 Å². The fourth-order valence-electron chi connectivity index (χ4n) is 2.07. The number of halogens is 1. The van der Waals surface area contributed by atoms with Crippen LogP contribution in [0.5, 0.6) is 0 Å². The molecule has 0 aliphatic carbocycles. The van der Waals surface area contributed by atoms with Gasteiger partial charge in [0, 0.05) is 44.0 Å². The fraction of sp³-hybridized carbons (Fsp3) is 0.538. The summed E-state index contributed by atoms with van der Waals surface area (Å²) in [5.41, 5.74) is 0. The van der Waals surface area contributed by atoms with Crippen molar-refractivity contribution in [1.29, 1.82) is 0 Å². The molecule has 1 aliphatic heterocycles. The molecule has 1 fully saturated rings. The first-order chi connectivity index (χ1) is 9.11. The first-order valence-electron chi connectivity index (χ1n) is 6.30. The zero-order valence-electron chi connectivity index (χ0n) is 11.2. The van der Waals surface area contributed by atoms with Crippen molar-refractivity contribution in [2.45, 2.75) is 13.0 Å². The minimum Gasteiger partial charge on any atom is -0.372 e. The SMILES string of the molecule is COC(C)C(=O)N1CCN(c2ccc(Br)cn2)CC1. The Bertz CT molecular complexity index is 430. The second-order valence-electron chi connectivity index (χ2n) is 4.52. The molecule has 0 N–H and O–H groups in total. The summed E-state index contributed by atoms with van der Waals surface area (Å²) in [6.45, 7) is 4.81. The summed E-state index contributed by atoms with van der Waals surface area (Å²) in [6, 6.07) is 3.96. The molecule has 0 bridgehead atoms. The van der Waals surface area contributed by atoms with Gasteiger partial charge in [0.15, 0.2) is 0 Å². The Morgan fingerprint density at radius 3 is 2.58 bits per heavy atom. The topological polar surface area (TPSA) is 45.7 Å². The predicted octanol–water partition coefficient (Wildman–Crippen LogP) is 1.53. The number of ether oxygens (including phenoxy) is 1. The normalized spacial score (nSPS) is 17.4. The molecule has 0 radical (unpaired) electrons. The quantitative estimate of drug-likeness (QED) is 0.844. The van der Waals surface area contributed by atoms with Gasteiger partial charge in [0.2, 0.25) is 0 Å². The second-order valence-corrected chi connectivity index (χ2v) is 5.44. The number of pyridine rings is 1. The molecule has 1 saturated heterocycles. The summed E-state index contributed by atoms with van der Waals surface area (Å²) >= 11 is 3.37. The number of piperazine rings is 1. The summed E-state index contributed by atoms with van der Waals surface area (Å²) in [6.07, 6.45) is 1.43. The molecule has 1 aromatic rings. The first kappa shape index (κ1) is 14.3. The van der Waals surface area contributed by atoms with Crippen molar-refractivity contribution < 1.29 is 9.53 Å². The maximum atomic E-state index is 12.0. The molecule has 1 aromatic heterocycles. The molecule has 5 nitrogen and oxygen atoms in total. The van der Waals surface area contributed by atoms with Crippen molar-refractivity contribution in [3.63, 3.8) is 0 Å². The lowest BCUT2D eigenvalue weighted by Crippen LogP contribution is -2.51. The Hall–Kier alpha value is -1.14. The molecule has 2 heterocycles. The molecular weight excluding hydrogens is 310 g/mol. The van der Waals surface area contributed by atoms with Crippen LogP contribution in [-0.2, 0) is 9.53 Å². The molecule has 2 rings (SSSR count).